The molecule has 3 heteroatoms. The van der Waals surface area contributed by atoms with Crippen molar-refractivity contribution in [1.82, 2.24) is 15.1 Å². The van der Waals surface area contributed by atoms with E-state index in [4.69, 9.17) is 0 Å². The van der Waals surface area contributed by atoms with Gasteiger partial charge in [-0.15, -0.1) is 0 Å². The third kappa shape index (κ3) is 1.84. The SMILES string of the molecule is CCNCc1cnn(C)c1. The van der Waals surface area contributed by atoms with Gasteiger partial charge in [-0.05, 0) is 6.54 Å². The zero-order valence-corrected chi connectivity index (χ0v) is 6.46. The average molecular weight is 139 g/mol. The first-order chi connectivity index (χ1) is 4.83. The highest BCUT2D eigenvalue weighted by Crippen LogP contribution is 1.93. The Morgan fingerprint density at radius 2 is 2.50 bits per heavy atom. The van der Waals surface area contributed by atoms with Crippen molar-refractivity contribution in [2.75, 3.05) is 6.54 Å². The van der Waals surface area contributed by atoms with Crippen LogP contribution in [0.15, 0.2) is 12.4 Å². The van der Waals surface area contributed by atoms with Gasteiger partial charge in [-0.1, -0.05) is 6.92 Å². The summed E-state index contributed by atoms with van der Waals surface area (Å²) in [6, 6.07) is 0. The molecule has 0 saturated heterocycles. The highest BCUT2D eigenvalue weighted by atomic mass is 15.2. The lowest BCUT2D eigenvalue weighted by Crippen LogP contribution is -2.10. The minimum atomic E-state index is 0.921. The molecule has 0 aromatic carbocycles. The number of nitrogens with one attached hydrogen (secondary N) is 1. The zero-order valence-electron chi connectivity index (χ0n) is 6.46. The Morgan fingerprint density at radius 1 is 1.70 bits per heavy atom. The summed E-state index contributed by atoms with van der Waals surface area (Å²) in [5, 5.41) is 7.27. The molecule has 0 radical (unpaired) electrons. The molecule has 10 heavy (non-hydrogen) atoms. The molecule has 0 amide bonds. The second-order valence-corrected chi connectivity index (χ2v) is 2.30. The summed E-state index contributed by atoms with van der Waals surface area (Å²) in [5.41, 5.74) is 1.24. The smallest absolute Gasteiger partial charge is 0.0534 e. The summed E-state index contributed by atoms with van der Waals surface area (Å²) < 4.78 is 1.81. The standard InChI is InChI=1S/C7H13N3/c1-3-8-4-7-5-9-10(2)6-7/h5-6,8H,3-4H2,1-2H3. The Balaban J connectivity index is 2.42. The summed E-state index contributed by atoms with van der Waals surface area (Å²) in [6.45, 7) is 4.02. The van der Waals surface area contributed by atoms with Crippen molar-refractivity contribution in [1.29, 1.82) is 0 Å². The van der Waals surface area contributed by atoms with Crippen molar-refractivity contribution < 1.29 is 0 Å². The Kier molecular flexibility index (Phi) is 2.45. The minimum Gasteiger partial charge on any atom is -0.313 e. The molecule has 0 aliphatic rings. The van der Waals surface area contributed by atoms with Gasteiger partial charge in [-0.3, -0.25) is 4.68 Å². The van der Waals surface area contributed by atoms with Gasteiger partial charge in [0.05, 0.1) is 6.20 Å². The second-order valence-electron chi connectivity index (χ2n) is 2.30. The maximum atomic E-state index is 4.05. The molecule has 0 atom stereocenters. The first-order valence-corrected chi connectivity index (χ1v) is 3.51. The van der Waals surface area contributed by atoms with Crippen LogP contribution in [0.3, 0.4) is 0 Å². The van der Waals surface area contributed by atoms with Gasteiger partial charge in [-0.2, -0.15) is 5.10 Å². The lowest BCUT2D eigenvalue weighted by molar-refractivity contribution is 0.723. The normalized spacial score (nSPS) is 10.2. The highest BCUT2D eigenvalue weighted by molar-refractivity contribution is 5.02. The molecular weight excluding hydrogens is 126 g/mol. The third-order valence-electron chi connectivity index (χ3n) is 1.34. The molecule has 0 aliphatic heterocycles. The lowest BCUT2D eigenvalue weighted by atomic mass is 10.4. The van der Waals surface area contributed by atoms with Crippen molar-refractivity contribution in [2.45, 2.75) is 13.5 Å². The summed E-state index contributed by atoms with van der Waals surface area (Å²) in [4.78, 5) is 0. The van der Waals surface area contributed by atoms with Crippen LogP contribution in [0.1, 0.15) is 12.5 Å². The van der Waals surface area contributed by atoms with Gasteiger partial charge in [0, 0.05) is 25.4 Å². The number of nitrogens with zero attached hydrogens (tertiary/aromatic N) is 2. The quantitative estimate of drug-likeness (QED) is 0.662. The van der Waals surface area contributed by atoms with Crippen LogP contribution in [0.4, 0.5) is 0 Å². The number of aryl methyl sites for hydroxylation is 1. The largest absolute Gasteiger partial charge is 0.313 e. The Hall–Kier alpha value is -0.830. The van der Waals surface area contributed by atoms with Gasteiger partial charge in [0.2, 0.25) is 0 Å². The van der Waals surface area contributed by atoms with Gasteiger partial charge < -0.3 is 5.32 Å². The molecule has 1 aromatic heterocycles. The monoisotopic (exact) mass is 139 g/mol. The maximum absolute atomic E-state index is 4.05. The highest BCUT2D eigenvalue weighted by Gasteiger charge is 1.91. The summed E-state index contributed by atoms with van der Waals surface area (Å²) >= 11 is 0. The van der Waals surface area contributed by atoms with Crippen molar-refractivity contribution in [3.05, 3.63) is 18.0 Å². The van der Waals surface area contributed by atoms with Crippen LogP contribution in [0.25, 0.3) is 0 Å². The van der Waals surface area contributed by atoms with E-state index in [1.807, 2.05) is 24.1 Å². The van der Waals surface area contributed by atoms with E-state index in [0.717, 1.165) is 13.1 Å². The average Bonchev–Trinajstić information content (AvgIpc) is 2.31. The fraction of sp³-hybridized carbons (Fsp3) is 0.571. The summed E-state index contributed by atoms with van der Waals surface area (Å²) in [7, 11) is 1.93. The fourth-order valence-electron chi connectivity index (χ4n) is 0.832. The molecule has 1 heterocycles. The van der Waals surface area contributed by atoms with Crippen LogP contribution in [0, 0.1) is 0 Å². The van der Waals surface area contributed by atoms with E-state index >= 15 is 0 Å². The predicted molar refractivity (Wildman–Crippen MR) is 40.6 cm³/mol. The molecule has 3 nitrogen and oxygen atoms in total. The van der Waals surface area contributed by atoms with Crippen LogP contribution in [0.5, 0.6) is 0 Å². The van der Waals surface area contributed by atoms with E-state index < -0.39 is 0 Å². The molecule has 0 bridgehead atoms. The Labute approximate surface area is 61.0 Å². The van der Waals surface area contributed by atoms with Gasteiger partial charge in [0.1, 0.15) is 0 Å². The second kappa shape index (κ2) is 3.37. The van der Waals surface area contributed by atoms with Crippen LogP contribution in [0.2, 0.25) is 0 Å². The van der Waals surface area contributed by atoms with Crippen LogP contribution in [-0.4, -0.2) is 16.3 Å². The van der Waals surface area contributed by atoms with Crippen molar-refractivity contribution in [2.24, 2.45) is 7.05 Å². The molecule has 0 saturated carbocycles. The van der Waals surface area contributed by atoms with Gasteiger partial charge in [-0.25, -0.2) is 0 Å². The van der Waals surface area contributed by atoms with Crippen LogP contribution >= 0.6 is 0 Å². The summed E-state index contributed by atoms with van der Waals surface area (Å²) in [6.07, 6.45) is 3.89. The predicted octanol–water partition coefficient (Wildman–Crippen LogP) is 0.530. The molecule has 0 fully saturated rings. The molecule has 0 unspecified atom stereocenters. The maximum Gasteiger partial charge on any atom is 0.0534 e. The first-order valence-electron chi connectivity index (χ1n) is 3.51. The van der Waals surface area contributed by atoms with E-state index in [2.05, 4.69) is 17.3 Å². The van der Waals surface area contributed by atoms with Crippen molar-refractivity contribution >= 4 is 0 Å². The Morgan fingerprint density at radius 3 is 3.00 bits per heavy atom. The molecule has 1 aromatic rings. The molecule has 56 valence electrons. The van der Waals surface area contributed by atoms with E-state index in [0.29, 0.717) is 0 Å². The van der Waals surface area contributed by atoms with E-state index in [-0.39, 0.29) is 0 Å². The van der Waals surface area contributed by atoms with Gasteiger partial charge in [0.15, 0.2) is 0 Å². The van der Waals surface area contributed by atoms with E-state index in [9.17, 15) is 0 Å². The van der Waals surface area contributed by atoms with Crippen LogP contribution < -0.4 is 5.32 Å². The van der Waals surface area contributed by atoms with Crippen molar-refractivity contribution in [3.63, 3.8) is 0 Å². The molecule has 0 spiro atoms. The zero-order chi connectivity index (χ0) is 7.40. The van der Waals surface area contributed by atoms with E-state index in [1.165, 1.54) is 5.56 Å². The molecule has 1 rings (SSSR count). The number of hydrogen-bond donors (Lipinski definition) is 1. The Bertz CT molecular complexity index is 192. The third-order valence-corrected chi connectivity index (χ3v) is 1.34. The number of hydrogen-bond acceptors (Lipinski definition) is 2. The topological polar surface area (TPSA) is 29.9 Å². The molecule has 0 aliphatic carbocycles. The summed E-state index contributed by atoms with van der Waals surface area (Å²) in [5.74, 6) is 0. The van der Waals surface area contributed by atoms with E-state index in [1.54, 1.807) is 0 Å². The minimum absolute atomic E-state index is 0.921. The lowest BCUT2D eigenvalue weighted by Gasteiger charge is -1.94. The van der Waals surface area contributed by atoms with Crippen LogP contribution in [-0.2, 0) is 13.6 Å². The van der Waals surface area contributed by atoms with Gasteiger partial charge >= 0.3 is 0 Å². The number of rotatable bonds is 3. The molecular formula is C7H13N3. The first kappa shape index (κ1) is 7.28. The molecule has 1 N–H and O–H groups in total. The number of aromatic nitrogens is 2. The van der Waals surface area contributed by atoms with Gasteiger partial charge in [0.25, 0.3) is 0 Å². The van der Waals surface area contributed by atoms with Crippen molar-refractivity contribution in [3.8, 4) is 0 Å². The fourth-order valence-corrected chi connectivity index (χ4v) is 0.832.